The summed E-state index contributed by atoms with van der Waals surface area (Å²) in [5.41, 5.74) is 1.36. The molecule has 3 amide bonds. The van der Waals surface area contributed by atoms with Crippen LogP contribution in [0, 0.1) is 5.92 Å². The predicted molar refractivity (Wildman–Crippen MR) is 148 cm³/mol. The first-order valence-corrected chi connectivity index (χ1v) is 13.8. The van der Waals surface area contributed by atoms with Gasteiger partial charge in [-0.1, -0.05) is 52.5 Å². The van der Waals surface area contributed by atoms with Crippen molar-refractivity contribution >= 4 is 64.1 Å². The lowest BCUT2D eigenvalue weighted by Gasteiger charge is -2.44. The number of benzene rings is 2. The maximum atomic E-state index is 13.5. The molecule has 10 heteroatoms. The monoisotopic (exact) mass is 583 g/mol. The molecule has 0 aromatic heterocycles. The van der Waals surface area contributed by atoms with Gasteiger partial charge in [-0.05, 0) is 55.2 Å². The van der Waals surface area contributed by atoms with E-state index in [4.69, 9.17) is 46.4 Å². The Morgan fingerprint density at radius 3 is 2.00 bits per heavy atom. The quantitative estimate of drug-likeness (QED) is 0.442. The minimum Gasteiger partial charge on any atom is -0.343 e. The number of likely N-dealkylation sites (N-methyl/N-ethyl adjacent to an activating group) is 1. The van der Waals surface area contributed by atoms with E-state index in [9.17, 15) is 14.4 Å². The van der Waals surface area contributed by atoms with Gasteiger partial charge in [-0.25, -0.2) is 0 Å². The van der Waals surface area contributed by atoms with Crippen LogP contribution in [0.4, 0.5) is 0 Å². The van der Waals surface area contributed by atoms with Crippen molar-refractivity contribution in [1.82, 2.24) is 14.7 Å². The molecule has 2 fully saturated rings. The van der Waals surface area contributed by atoms with E-state index in [2.05, 4.69) is 0 Å². The molecule has 2 aliphatic rings. The maximum absolute atomic E-state index is 13.5. The second-order valence-corrected chi connectivity index (χ2v) is 11.4. The SMILES string of the molecule is CC(=O)N1CCC(C(=O)N2CCC(N(C)C(=O)c3ccc(Cl)c(Cl)c3)C(c3ccc(Cl)c(Cl)c3)C2)CC1. The Morgan fingerprint density at radius 2 is 1.41 bits per heavy atom. The molecule has 0 bridgehead atoms. The predicted octanol–water partition coefficient (Wildman–Crippen LogP) is 6.02. The first-order valence-electron chi connectivity index (χ1n) is 12.3. The van der Waals surface area contributed by atoms with Gasteiger partial charge in [0.1, 0.15) is 0 Å². The second-order valence-electron chi connectivity index (χ2n) is 9.75. The van der Waals surface area contributed by atoms with E-state index in [1.807, 2.05) is 17.0 Å². The Balaban J connectivity index is 1.56. The molecular weight excluding hydrogens is 556 g/mol. The highest BCUT2D eigenvalue weighted by Crippen LogP contribution is 2.36. The molecule has 0 radical (unpaired) electrons. The van der Waals surface area contributed by atoms with Crippen molar-refractivity contribution < 1.29 is 14.4 Å². The van der Waals surface area contributed by atoms with Gasteiger partial charge in [0.05, 0.1) is 20.1 Å². The number of carbonyl (C=O) groups is 3. The lowest BCUT2D eigenvalue weighted by Crippen LogP contribution is -2.53. The number of hydrogen-bond donors (Lipinski definition) is 0. The van der Waals surface area contributed by atoms with Gasteiger partial charge in [0.2, 0.25) is 11.8 Å². The number of likely N-dealkylation sites (tertiary alicyclic amines) is 2. The molecule has 2 aromatic rings. The first kappa shape index (κ1) is 28.0. The summed E-state index contributed by atoms with van der Waals surface area (Å²) in [6, 6.07) is 10.1. The standard InChI is InChI=1S/C27H29Cl4N3O3/c1-16(35)33-10-7-17(8-11-33)27(37)34-12-9-25(20(15-34)18-3-5-21(28)23(30)13-18)32(2)26(36)19-4-6-22(29)24(31)14-19/h3-6,13-14,17,20,25H,7-12,15H2,1-2H3. The average molecular weight is 585 g/mol. The number of nitrogens with zero attached hydrogens (tertiary/aromatic N) is 3. The highest BCUT2D eigenvalue weighted by atomic mass is 35.5. The van der Waals surface area contributed by atoms with Crippen molar-refractivity contribution in [2.24, 2.45) is 5.92 Å². The Hall–Kier alpha value is -1.99. The summed E-state index contributed by atoms with van der Waals surface area (Å²) >= 11 is 24.7. The molecule has 4 rings (SSSR count). The van der Waals surface area contributed by atoms with Crippen LogP contribution in [0.1, 0.15) is 48.0 Å². The summed E-state index contributed by atoms with van der Waals surface area (Å²) in [4.78, 5) is 44.0. The molecule has 2 saturated heterocycles. The van der Waals surface area contributed by atoms with Crippen LogP contribution < -0.4 is 0 Å². The molecule has 0 N–H and O–H groups in total. The molecular formula is C27H29Cl4N3O3. The van der Waals surface area contributed by atoms with E-state index < -0.39 is 0 Å². The Morgan fingerprint density at radius 1 is 0.811 bits per heavy atom. The lowest BCUT2D eigenvalue weighted by molar-refractivity contribution is -0.141. The lowest BCUT2D eigenvalue weighted by atomic mass is 9.83. The highest BCUT2D eigenvalue weighted by molar-refractivity contribution is 6.42. The number of rotatable bonds is 4. The van der Waals surface area contributed by atoms with Crippen molar-refractivity contribution in [3.8, 4) is 0 Å². The Bertz CT molecular complexity index is 1200. The van der Waals surface area contributed by atoms with Gasteiger partial charge in [0.15, 0.2) is 0 Å². The molecule has 2 atom stereocenters. The number of carbonyl (C=O) groups excluding carboxylic acids is 3. The zero-order valence-electron chi connectivity index (χ0n) is 20.7. The van der Waals surface area contributed by atoms with Gasteiger partial charge >= 0.3 is 0 Å². The van der Waals surface area contributed by atoms with Crippen LogP contribution in [-0.2, 0) is 9.59 Å². The van der Waals surface area contributed by atoms with Crippen LogP contribution in [0.2, 0.25) is 20.1 Å². The molecule has 0 spiro atoms. The van der Waals surface area contributed by atoms with Crippen LogP contribution in [-0.4, -0.2) is 71.7 Å². The molecule has 0 saturated carbocycles. The summed E-state index contributed by atoms with van der Waals surface area (Å²) < 4.78 is 0. The Kier molecular flexibility index (Phi) is 8.95. The second kappa shape index (κ2) is 11.8. The van der Waals surface area contributed by atoms with E-state index in [1.165, 1.54) is 0 Å². The van der Waals surface area contributed by atoms with Gasteiger partial charge in [-0.2, -0.15) is 0 Å². The molecule has 37 heavy (non-hydrogen) atoms. The third-order valence-electron chi connectivity index (χ3n) is 7.53. The number of hydrogen-bond acceptors (Lipinski definition) is 3. The molecule has 2 aliphatic heterocycles. The summed E-state index contributed by atoms with van der Waals surface area (Å²) in [6.45, 7) is 3.74. The molecule has 198 valence electrons. The van der Waals surface area contributed by atoms with Crippen LogP contribution in [0.25, 0.3) is 0 Å². The van der Waals surface area contributed by atoms with Gasteiger partial charge in [0, 0.05) is 63.6 Å². The molecule has 0 aliphatic carbocycles. The molecule has 6 nitrogen and oxygen atoms in total. The van der Waals surface area contributed by atoms with E-state index in [0.717, 1.165) is 5.56 Å². The summed E-state index contributed by atoms with van der Waals surface area (Å²) in [5.74, 6) is -0.310. The van der Waals surface area contributed by atoms with Crippen molar-refractivity contribution in [2.75, 3.05) is 33.2 Å². The van der Waals surface area contributed by atoms with Gasteiger partial charge < -0.3 is 14.7 Å². The van der Waals surface area contributed by atoms with Crippen LogP contribution in [0.5, 0.6) is 0 Å². The van der Waals surface area contributed by atoms with Crippen molar-refractivity contribution in [1.29, 1.82) is 0 Å². The van der Waals surface area contributed by atoms with Crippen molar-refractivity contribution in [3.05, 3.63) is 67.6 Å². The van der Waals surface area contributed by atoms with Crippen molar-refractivity contribution in [2.45, 2.75) is 38.1 Å². The fraction of sp³-hybridized carbons (Fsp3) is 0.444. The van der Waals surface area contributed by atoms with E-state index in [1.54, 1.807) is 48.0 Å². The molecule has 2 unspecified atom stereocenters. The maximum Gasteiger partial charge on any atom is 0.253 e. The van der Waals surface area contributed by atoms with Crippen molar-refractivity contribution in [3.63, 3.8) is 0 Å². The summed E-state index contributed by atoms with van der Waals surface area (Å²) in [6.07, 6.45) is 1.92. The van der Waals surface area contributed by atoms with Gasteiger partial charge in [0.25, 0.3) is 5.91 Å². The highest BCUT2D eigenvalue weighted by Gasteiger charge is 2.39. The van der Waals surface area contributed by atoms with Crippen LogP contribution >= 0.6 is 46.4 Å². The number of piperidine rings is 2. The zero-order valence-corrected chi connectivity index (χ0v) is 23.7. The minimum atomic E-state index is -0.178. The van der Waals surface area contributed by atoms with E-state index >= 15 is 0 Å². The Labute approximate surface area is 237 Å². The fourth-order valence-corrected chi connectivity index (χ4v) is 5.96. The van der Waals surface area contributed by atoms with Gasteiger partial charge in [-0.3, -0.25) is 14.4 Å². The van der Waals surface area contributed by atoms with E-state index in [-0.39, 0.29) is 35.6 Å². The third kappa shape index (κ3) is 6.19. The van der Waals surface area contributed by atoms with Crippen LogP contribution in [0.3, 0.4) is 0 Å². The average Bonchev–Trinajstić information content (AvgIpc) is 2.90. The largest absolute Gasteiger partial charge is 0.343 e. The minimum absolute atomic E-state index is 0.0427. The number of halogens is 4. The molecule has 2 aromatic carbocycles. The van der Waals surface area contributed by atoms with E-state index in [0.29, 0.717) is 71.1 Å². The topological polar surface area (TPSA) is 60.9 Å². The smallest absolute Gasteiger partial charge is 0.253 e. The summed E-state index contributed by atoms with van der Waals surface area (Å²) in [5, 5.41) is 1.58. The normalized spacial score (nSPS) is 20.6. The van der Waals surface area contributed by atoms with Crippen LogP contribution in [0.15, 0.2) is 36.4 Å². The van der Waals surface area contributed by atoms with Gasteiger partial charge in [-0.15, -0.1) is 0 Å². The number of amides is 3. The first-order chi connectivity index (χ1) is 17.6. The summed E-state index contributed by atoms with van der Waals surface area (Å²) in [7, 11) is 1.77. The fourth-order valence-electron chi connectivity index (χ4n) is 5.36. The zero-order chi connectivity index (χ0) is 26.9. The molecule has 2 heterocycles. The third-order valence-corrected chi connectivity index (χ3v) is 9.01.